The van der Waals surface area contributed by atoms with E-state index in [9.17, 15) is 14.0 Å². The van der Waals surface area contributed by atoms with Crippen molar-refractivity contribution >= 4 is 11.9 Å². The molecular weight excluding hydrogens is 289 g/mol. The molecule has 0 bridgehead atoms. The van der Waals surface area contributed by atoms with Crippen molar-refractivity contribution < 1.29 is 23.8 Å². The van der Waals surface area contributed by atoms with Gasteiger partial charge in [0.25, 0.3) is 0 Å². The van der Waals surface area contributed by atoms with Crippen LogP contribution in [0.25, 0.3) is 0 Å². The molecule has 1 aromatic rings. The van der Waals surface area contributed by atoms with Crippen molar-refractivity contribution in [2.24, 2.45) is 11.8 Å². The van der Waals surface area contributed by atoms with E-state index in [0.717, 1.165) is 6.42 Å². The van der Waals surface area contributed by atoms with Crippen LogP contribution in [0.15, 0.2) is 24.3 Å². The summed E-state index contributed by atoms with van der Waals surface area (Å²) in [4.78, 5) is 23.2. The number of carbonyl (C=O) groups is 2. The number of carboxylic acids is 1. The van der Waals surface area contributed by atoms with Crippen LogP contribution in [-0.4, -0.2) is 29.6 Å². The van der Waals surface area contributed by atoms with Crippen LogP contribution in [0, 0.1) is 17.7 Å². The summed E-state index contributed by atoms with van der Waals surface area (Å²) < 4.78 is 18.1. The molecule has 5 nitrogen and oxygen atoms in total. The fourth-order valence-corrected chi connectivity index (χ4v) is 1.82. The number of nitrogens with one attached hydrogen (secondary N) is 1. The van der Waals surface area contributed by atoms with Gasteiger partial charge in [-0.15, -0.1) is 0 Å². The standard InChI is InChI=1S/C16H22FNO4/c1-4-10(2)11(3)15(19)18-9-14(16(20)21)22-13-7-5-12(17)6-8-13/h5-8,10-11,14H,4,9H2,1-3H3,(H,18,19)(H,20,21). The van der Waals surface area contributed by atoms with Crippen molar-refractivity contribution in [3.63, 3.8) is 0 Å². The minimum atomic E-state index is -1.22. The molecule has 0 saturated carbocycles. The van der Waals surface area contributed by atoms with Crippen LogP contribution in [0.5, 0.6) is 5.75 Å². The molecule has 3 atom stereocenters. The van der Waals surface area contributed by atoms with E-state index < -0.39 is 17.9 Å². The van der Waals surface area contributed by atoms with E-state index in [4.69, 9.17) is 9.84 Å². The first-order valence-electron chi connectivity index (χ1n) is 7.27. The number of carboxylic acid groups (broad SMARTS) is 1. The van der Waals surface area contributed by atoms with E-state index in [0.29, 0.717) is 0 Å². The number of rotatable bonds is 8. The topological polar surface area (TPSA) is 75.6 Å². The summed E-state index contributed by atoms with van der Waals surface area (Å²) in [6.07, 6.45) is -0.359. The minimum Gasteiger partial charge on any atom is -0.478 e. The zero-order valence-corrected chi connectivity index (χ0v) is 13.0. The van der Waals surface area contributed by atoms with Gasteiger partial charge in [-0.2, -0.15) is 0 Å². The van der Waals surface area contributed by atoms with Gasteiger partial charge in [-0.25, -0.2) is 9.18 Å². The molecule has 0 aromatic heterocycles. The van der Waals surface area contributed by atoms with Crippen LogP contribution in [0.4, 0.5) is 4.39 Å². The second-order valence-corrected chi connectivity index (χ2v) is 5.32. The van der Waals surface area contributed by atoms with E-state index in [-0.39, 0.29) is 30.0 Å². The Bertz CT molecular complexity index is 503. The smallest absolute Gasteiger partial charge is 0.346 e. The Labute approximate surface area is 129 Å². The molecule has 2 N–H and O–H groups in total. The van der Waals surface area contributed by atoms with Crippen LogP contribution < -0.4 is 10.1 Å². The third-order valence-electron chi connectivity index (χ3n) is 3.74. The van der Waals surface area contributed by atoms with Gasteiger partial charge in [0.2, 0.25) is 12.0 Å². The van der Waals surface area contributed by atoms with Crippen LogP contribution >= 0.6 is 0 Å². The first-order valence-corrected chi connectivity index (χ1v) is 7.27. The predicted molar refractivity (Wildman–Crippen MR) is 80.1 cm³/mol. The SMILES string of the molecule is CCC(C)C(C)C(=O)NCC(Oc1ccc(F)cc1)C(=O)O. The lowest BCUT2D eigenvalue weighted by atomic mass is 9.93. The molecule has 3 unspecified atom stereocenters. The van der Waals surface area contributed by atoms with E-state index >= 15 is 0 Å². The summed E-state index contributed by atoms with van der Waals surface area (Å²) in [5.74, 6) is -1.59. The Morgan fingerprint density at radius 3 is 2.36 bits per heavy atom. The van der Waals surface area contributed by atoms with Crippen molar-refractivity contribution in [3.8, 4) is 5.75 Å². The summed E-state index contributed by atoms with van der Waals surface area (Å²) in [6.45, 7) is 5.62. The third-order valence-corrected chi connectivity index (χ3v) is 3.74. The highest BCUT2D eigenvalue weighted by molar-refractivity contribution is 5.80. The molecule has 122 valence electrons. The fourth-order valence-electron chi connectivity index (χ4n) is 1.82. The van der Waals surface area contributed by atoms with Gasteiger partial charge in [0.1, 0.15) is 11.6 Å². The molecule has 0 saturated heterocycles. The van der Waals surface area contributed by atoms with E-state index in [2.05, 4.69) is 5.32 Å². The number of hydrogen-bond acceptors (Lipinski definition) is 3. The molecule has 1 rings (SSSR count). The normalized spacial score (nSPS) is 14.7. The molecule has 6 heteroatoms. The van der Waals surface area contributed by atoms with Gasteiger partial charge in [-0.05, 0) is 30.2 Å². The summed E-state index contributed by atoms with van der Waals surface area (Å²) in [6, 6.07) is 5.04. The Morgan fingerprint density at radius 1 is 1.27 bits per heavy atom. The van der Waals surface area contributed by atoms with Crippen molar-refractivity contribution in [1.29, 1.82) is 0 Å². The van der Waals surface area contributed by atoms with Gasteiger partial charge < -0.3 is 15.2 Å². The number of aliphatic carboxylic acids is 1. The highest BCUT2D eigenvalue weighted by Crippen LogP contribution is 2.15. The van der Waals surface area contributed by atoms with E-state index in [1.54, 1.807) is 6.92 Å². The highest BCUT2D eigenvalue weighted by Gasteiger charge is 2.23. The first-order chi connectivity index (χ1) is 10.3. The molecule has 1 aromatic carbocycles. The van der Waals surface area contributed by atoms with Gasteiger partial charge >= 0.3 is 5.97 Å². The number of benzene rings is 1. The Morgan fingerprint density at radius 2 is 1.86 bits per heavy atom. The molecule has 0 aliphatic rings. The molecule has 0 spiro atoms. The van der Waals surface area contributed by atoms with Crippen LogP contribution in [-0.2, 0) is 9.59 Å². The molecule has 22 heavy (non-hydrogen) atoms. The van der Waals surface area contributed by atoms with Crippen LogP contribution in [0.1, 0.15) is 27.2 Å². The fraction of sp³-hybridized carbons (Fsp3) is 0.500. The molecule has 0 fully saturated rings. The van der Waals surface area contributed by atoms with Crippen molar-refractivity contribution in [3.05, 3.63) is 30.1 Å². The lowest BCUT2D eigenvalue weighted by molar-refractivity contribution is -0.145. The van der Waals surface area contributed by atoms with Gasteiger partial charge in [-0.1, -0.05) is 27.2 Å². The van der Waals surface area contributed by atoms with Crippen molar-refractivity contribution in [1.82, 2.24) is 5.32 Å². The summed E-state index contributed by atoms with van der Waals surface area (Å²) in [5, 5.41) is 11.7. The second-order valence-electron chi connectivity index (χ2n) is 5.32. The number of hydrogen-bond donors (Lipinski definition) is 2. The van der Waals surface area contributed by atoms with Gasteiger partial charge in [-0.3, -0.25) is 4.79 Å². The average Bonchev–Trinajstić information content (AvgIpc) is 2.50. The molecule has 0 heterocycles. The Balaban J connectivity index is 2.60. The van der Waals surface area contributed by atoms with Gasteiger partial charge in [0, 0.05) is 5.92 Å². The minimum absolute atomic E-state index is 0.147. The summed E-state index contributed by atoms with van der Waals surface area (Å²) in [7, 11) is 0. The second kappa shape index (κ2) is 8.36. The van der Waals surface area contributed by atoms with E-state index in [1.165, 1.54) is 24.3 Å². The Hall–Kier alpha value is -2.11. The van der Waals surface area contributed by atoms with Gasteiger partial charge in [0.05, 0.1) is 6.54 Å². The van der Waals surface area contributed by atoms with Crippen molar-refractivity contribution in [2.45, 2.75) is 33.3 Å². The average molecular weight is 311 g/mol. The third kappa shape index (κ3) is 5.35. The number of ether oxygens (including phenoxy) is 1. The monoisotopic (exact) mass is 311 g/mol. The quantitative estimate of drug-likeness (QED) is 0.773. The molecule has 0 radical (unpaired) electrons. The number of carbonyl (C=O) groups excluding carboxylic acids is 1. The molecule has 0 aliphatic carbocycles. The highest BCUT2D eigenvalue weighted by atomic mass is 19.1. The van der Waals surface area contributed by atoms with Crippen LogP contribution in [0.3, 0.4) is 0 Å². The maximum Gasteiger partial charge on any atom is 0.346 e. The molecule has 0 aliphatic heterocycles. The van der Waals surface area contributed by atoms with E-state index in [1.807, 2.05) is 13.8 Å². The zero-order valence-electron chi connectivity index (χ0n) is 13.0. The lowest BCUT2D eigenvalue weighted by Gasteiger charge is -2.20. The molecule has 1 amide bonds. The maximum absolute atomic E-state index is 12.8. The van der Waals surface area contributed by atoms with Crippen molar-refractivity contribution in [2.75, 3.05) is 6.54 Å². The van der Waals surface area contributed by atoms with Crippen LogP contribution in [0.2, 0.25) is 0 Å². The van der Waals surface area contributed by atoms with Gasteiger partial charge in [0.15, 0.2) is 0 Å². The number of amides is 1. The largest absolute Gasteiger partial charge is 0.478 e. The Kier molecular flexibility index (Phi) is 6.82. The first kappa shape index (κ1) is 17.9. The predicted octanol–water partition coefficient (Wildman–Crippen LogP) is 2.46. The number of halogens is 1. The maximum atomic E-state index is 12.8. The summed E-state index contributed by atoms with van der Waals surface area (Å²) >= 11 is 0. The summed E-state index contributed by atoms with van der Waals surface area (Å²) in [5.41, 5.74) is 0. The lowest BCUT2D eigenvalue weighted by Crippen LogP contribution is -2.43. The zero-order chi connectivity index (χ0) is 16.7. The molecular formula is C16H22FNO4.